The molecule has 0 aliphatic rings. The average Bonchev–Trinajstić information content (AvgIpc) is 3.18. The lowest BCUT2D eigenvalue weighted by molar-refractivity contribution is 0.0920. The van der Waals surface area contributed by atoms with Crippen molar-refractivity contribution < 1.29 is 14.2 Å². The number of benzene rings is 2. The number of nitrogens with zero attached hydrogens (tertiary/aromatic N) is 3. The van der Waals surface area contributed by atoms with E-state index in [1.165, 1.54) is 0 Å². The number of imidazole rings is 1. The molecule has 0 aliphatic heterocycles. The van der Waals surface area contributed by atoms with Gasteiger partial charge >= 0.3 is 0 Å². The minimum Gasteiger partial charge on any atom is -0.488 e. The molecule has 30 heavy (non-hydrogen) atoms. The predicted molar refractivity (Wildman–Crippen MR) is 113 cm³/mol. The third kappa shape index (κ3) is 4.24. The molecule has 0 bridgehead atoms. The number of H-pyrrole nitrogens is 1. The van der Waals surface area contributed by atoms with Crippen LogP contribution < -0.4 is 9.47 Å². The maximum absolute atomic E-state index is 9.35. The van der Waals surface area contributed by atoms with Crippen LogP contribution in [-0.4, -0.2) is 34.8 Å². The number of ether oxygens (including phenoxy) is 3. The monoisotopic (exact) mass is 400 g/mol. The third-order valence-corrected chi connectivity index (χ3v) is 4.38. The van der Waals surface area contributed by atoms with Crippen LogP contribution in [-0.2, 0) is 4.74 Å². The molecule has 2 heterocycles. The highest BCUT2D eigenvalue weighted by Crippen LogP contribution is 2.33. The molecule has 2 aromatic carbocycles. The molecule has 1 atom stereocenters. The van der Waals surface area contributed by atoms with Crippen LogP contribution in [0.1, 0.15) is 12.5 Å². The highest BCUT2D eigenvalue weighted by Gasteiger charge is 2.13. The summed E-state index contributed by atoms with van der Waals surface area (Å²) in [7, 11) is 1.63. The first-order valence-electron chi connectivity index (χ1n) is 9.45. The molecule has 2 aromatic heterocycles. The number of aromatic nitrogens is 3. The molecular formula is C23H20N4O3. The van der Waals surface area contributed by atoms with Crippen LogP contribution in [0.3, 0.4) is 0 Å². The number of hydrogen-bond acceptors (Lipinski definition) is 6. The zero-order valence-electron chi connectivity index (χ0n) is 16.6. The maximum atomic E-state index is 9.35. The van der Waals surface area contributed by atoms with Crippen LogP contribution in [0.25, 0.3) is 22.6 Å². The van der Waals surface area contributed by atoms with Crippen molar-refractivity contribution in [3.63, 3.8) is 0 Å². The maximum Gasteiger partial charge on any atom is 0.178 e. The van der Waals surface area contributed by atoms with Gasteiger partial charge in [-0.15, -0.1) is 0 Å². The summed E-state index contributed by atoms with van der Waals surface area (Å²) in [5, 5.41) is 9.35. The largest absolute Gasteiger partial charge is 0.488 e. The summed E-state index contributed by atoms with van der Waals surface area (Å²) in [6, 6.07) is 18.5. The van der Waals surface area contributed by atoms with E-state index in [4.69, 9.17) is 14.2 Å². The van der Waals surface area contributed by atoms with Gasteiger partial charge in [0.05, 0.1) is 17.7 Å². The molecule has 0 spiro atoms. The van der Waals surface area contributed by atoms with Crippen molar-refractivity contribution in [1.82, 2.24) is 15.0 Å². The standard InChI is InChI=1S/C23H20N4O3/c1-15(14-28-2)29-18-10-17(22-26-20-7-5-9-25-23(20)27-22)11-19(12-18)30-21-8-4-3-6-16(21)13-24/h3-12,15H,14H2,1-2H3,(H,25,26,27)/t15-/m0/s1. The van der Waals surface area contributed by atoms with Crippen LogP contribution in [0.4, 0.5) is 0 Å². The van der Waals surface area contributed by atoms with Crippen molar-refractivity contribution in [1.29, 1.82) is 5.26 Å². The van der Waals surface area contributed by atoms with Gasteiger partial charge in [-0.05, 0) is 43.3 Å². The van der Waals surface area contributed by atoms with Crippen molar-refractivity contribution in [3.8, 4) is 34.7 Å². The lowest BCUT2D eigenvalue weighted by Gasteiger charge is -2.16. The number of aromatic amines is 1. The van der Waals surface area contributed by atoms with Gasteiger partial charge in [0.15, 0.2) is 5.65 Å². The van der Waals surface area contributed by atoms with E-state index in [1.807, 2.05) is 37.3 Å². The molecule has 0 fully saturated rings. The highest BCUT2D eigenvalue weighted by molar-refractivity contribution is 5.76. The van der Waals surface area contributed by atoms with Gasteiger partial charge in [-0.3, -0.25) is 0 Å². The fraction of sp³-hybridized carbons (Fsp3) is 0.174. The predicted octanol–water partition coefficient (Wildman–Crippen LogP) is 4.70. The normalized spacial score (nSPS) is 11.8. The van der Waals surface area contributed by atoms with E-state index in [2.05, 4.69) is 21.0 Å². The van der Waals surface area contributed by atoms with Gasteiger partial charge in [-0.25, -0.2) is 9.97 Å². The summed E-state index contributed by atoms with van der Waals surface area (Å²) in [6.07, 6.45) is 1.55. The zero-order valence-corrected chi connectivity index (χ0v) is 16.6. The van der Waals surface area contributed by atoms with E-state index in [-0.39, 0.29) is 6.10 Å². The van der Waals surface area contributed by atoms with Crippen molar-refractivity contribution in [2.45, 2.75) is 13.0 Å². The number of rotatable bonds is 7. The number of nitriles is 1. The number of nitrogens with one attached hydrogen (secondary N) is 1. The van der Waals surface area contributed by atoms with E-state index >= 15 is 0 Å². The average molecular weight is 400 g/mol. The number of hydrogen-bond donors (Lipinski definition) is 1. The van der Waals surface area contributed by atoms with Crippen molar-refractivity contribution in [2.75, 3.05) is 13.7 Å². The van der Waals surface area contributed by atoms with E-state index in [9.17, 15) is 5.26 Å². The zero-order chi connectivity index (χ0) is 20.9. The van der Waals surface area contributed by atoms with Gasteiger partial charge in [0.2, 0.25) is 0 Å². The van der Waals surface area contributed by atoms with Crippen molar-refractivity contribution >= 4 is 11.2 Å². The van der Waals surface area contributed by atoms with E-state index < -0.39 is 0 Å². The Balaban J connectivity index is 1.75. The Hall–Kier alpha value is -3.89. The van der Waals surface area contributed by atoms with Gasteiger partial charge < -0.3 is 19.2 Å². The van der Waals surface area contributed by atoms with Gasteiger partial charge in [0.1, 0.15) is 35.2 Å². The molecule has 1 N–H and O–H groups in total. The molecule has 0 saturated heterocycles. The molecule has 7 nitrogen and oxygen atoms in total. The second-order valence-electron chi connectivity index (χ2n) is 6.75. The number of para-hydroxylation sites is 1. The number of fused-ring (bicyclic) bond motifs is 1. The SMILES string of the molecule is COC[C@H](C)Oc1cc(Oc2ccccc2C#N)cc(-c2nc3ncccc3[nH]2)c1. The Morgan fingerprint density at radius 2 is 1.93 bits per heavy atom. The first kappa shape index (κ1) is 19.4. The van der Waals surface area contributed by atoms with Crippen molar-refractivity contribution in [2.24, 2.45) is 0 Å². The number of pyridine rings is 1. The van der Waals surface area contributed by atoms with E-state index in [0.29, 0.717) is 40.9 Å². The Kier molecular flexibility index (Phi) is 5.59. The molecule has 150 valence electrons. The Labute approximate surface area is 173 Å². The van der Waals surface area contributed by atoms with Crippen molar-refractivity contribution in [3.05, 3.63) is 66.4 Å². The first-order valence-corrected chi connectivity index (χ1v) is 9.45. The molecule has 0 amide bonds. The number of methoxy groups -OCH3 is 1. The van der Waals surface area contributed by atoms with Gasteiger partial charge in [-0.2, -0.15) is 5.26 Å². The Morgan fingerprint density at radius 3 is 2.73 bits per heavy atom. The first-order chi connectivity index (χ1) is 14.7. The van der Waals surface area contributed by atoms with Crippen LogP contribution in [0.15, 0.2) is 60.8 Å². The summed E-state index contributed by atoms with van der Waals surface area (Å²) in [5.41, 5.74) is 2.69. The topological polar surface area (TPSA) is 93.1 Å². The fourth-order valence-electron chi connectivity index (χ4n) is 3.09. The second-order valence-corrected chi connectivity index (χ2v) is 6.75. The van der Waals surface area contributed by atoms with Crippen LogP contribution in [0, 0.1) is 11.3 Å². The van der Waals surface area contributed by atoms with Crippen LogP contribution in [0.2, 0.25) is 0 Å². The third-order valence-electron chi connectivity index (χ3n) is 4.38. The fourth-order valence-corrected chi connectivity index (χ4v) is 3.09. The second kappa shape index (κ2) is 8.64. The summed E-state index contributed by atoms with van der Waals surface area (Å²) in [6.45, 7) is 2.37. The minimum absolute atomic E-state index is 0.151. The van der Waals surface area contributed by atoms with Crippen LogP contribution >= 0.6 is 0 Å². The smallest absolute Gasteiger partial charge is 0.178 e. The van der Waals surface area contributed by atoms with E-state index in [1.54, 1.807) is 37.6 Å². The molecule has 0 radical (unpaired) electrons. The lowest BCUT2D eigenvalue weighted by atomic mass is 10.1. The summed E-state index contributed by atoms with van der Waals surface area (Å²) >= 11 is 0. The van der Waals surface area contributed by atoms with E-state index in [0.717, 1.165) is 11.1 Å². The molecular weight excluding hydrogens is 380 g/mol. The van der Waals surface area contributed by atoms with Gasteiger partial charge in [0.25, 0.3) is 0 Å². The molecule has 4 rings (SSSR count). The van der Waals surface area contributed by atoms with Gasteiger partial charge in [0, 0.05) is 24.9 Å². The summed E-state index contributed by atoms with van der Waals surface area (Å²) in [5.74, 6) is 2.25. The van der Waals surface area contributed by atoms with Gasteiger partial charge in [-0.1, -0.05) is 12.1 Å². The lowest BCUT2D eigenvalue weighted by Crippen LogP contribution is -2.17. The Bertz CT molecular complexity index is 1180. The molecule has 0 saturated carbocycles. The Morgan fingerprint density at radius 1 is 1.10 bits per heavy atom. The molecule has 0 unspecified atom stereocenters. The summed E-state index contributed by atoms with van der Waals surface area (Å²) in [4.78, 5) is 12.1. The quantitative estimate of drug-likeness (QED) is 0.483. The highest BCUT2D eigenvalue weighted by atomic mass is 16.5. The van der Waals surface area contributed by atoms with Crippen LogP contribution in [0.5, 0.6) is 17.2 Å². The minimum atomic E-state index is -0.151. The molecule has 0 aliphatic carbocycles. The molecule has 4 aromatic rings. The summed E-state index contributed by atoms with van der Waals surface area (Å²) < 4.78 is 17.2. The molecule has 7 heteroatoms.